The van der Waals surface area contributed by atoms with Crippen molar-refractivity contribution in [2.45, 2.75) is 50.2 Å². The summed E-state index contributed by atoms with van der Waals surface area (Å²) < 4.78 is 20.0. The summed E-state index contributed by atoms with van der Waals surface area (Å²) in [7, 11) is 0. The number of hydrogen-bond donors (Lipinski definition) is 2. The molecule has 6 nitrogen and oxygen atoms in total. The molecule has 2 aromatic carbocycles. The van der Waals surface area contributed by atoms with E-state index in [9.17, 15) is 9.18 Å². The normalized spacial score (nSPS) is 23.2. The lowest BCUT2D eigenvalue weighted by Gasteiger charge is -2.39. The molecule has 0 spiro atoms. The lowest BCUT2D eigenvalue weighted by atomic mass is 9.96. The van der Waals surface area contributed by atoms with E-state index in [1.807, 2.05) is 12.1 Å². The summed E-state index contributed by atoms with van der Waals surface area (Å²) in [6.07, 6.45) is 5.33. The molecule has 1 aromatic heterocycles. The summed E-state index contributed by atoms with van der Waals surface area (Å²) in [5.74, 6) is 0.454. The zero-order chi connectivity index (χ0) is 21.4. The number of amides is 2. The number of nitrogens with one attached hydrogen (secondary N) is 1. The van der Waals surface area contributed by atoms with Gasteiger partial charge in [0, 0.05) is 24.7 Å². The smallest absolute Gasteiger partial charge is 0.312 e. The number of primary amides is 1. The van der Waals surface area contributed by atoms with Gasteiger partial charge in [0.15, 0.2) is 0 Å². The quantitative estimate of drug-likeness (QED) is 0.594. The van der Waals surface area contributed by atoms with E-state index in [1.54, 1.807) is 6.07 Å². The van der Waals surface area contributed by atoms with E-state index in [0.717, 1.165) is 41.8 Å². The predicted molar refractivity (Wildman–Crippen MR) is 119 cm³/mol. The van der Waals surface area contributed by atoms with Gasteiger partial charge in [0.05, 0.1) is 10.2 Å². The van der Waals surface area contributed by atoms with Crippen molar-refractivity contribution in [2.75, 3.05) is 6.54 Å². The Hall–Kier alpha value is -2.71. The molecule has 0 saturated carbocycles. The van der Waals surface area contributed by atoms with Crippen LogP contribution in [-0.2, 0) is 6.42 Å². The fourth-order valence-electron chi connectivity index (χ4n) is 4.96. The molecule has 0 radical (unpaired) electrons. The lowest BCUT2D eigenvalue weighted by molar-refractivity contribution is 0.121. The molecule has 162 valence electrons. The van der Waals surface area contributed by atoms with Gasteiger partial charge in [-0.25, -0.2) is 14.2 Å². The highest BCUT2D eigenvalue weighted by Crippen LogP contribution is 2.36. The van der Waals surface area contributed by atoms with Crippen molar-refractivity contribution in [1.29, 1.82) is 0 Å². The maximum Gasteiger partial charge on any atom is 0.312 e. The van der Waals surface area contributed by atoms with Crippen LogP contribution in [-0.4, -0.2) is 40.6 Å². The van der Waals surface area contributed by atoms with Gasteiger partial charge in [-0.15, -0.1) is 0 Å². The van der Waals surface area contributed by atoms with Gasteiger partial charge in [0.25, 0.3) is 5.19 Å². The highest BCUT2D eigenvalue weighted by Gasteiger charge is 2.40. The number of aromatic nitrogens is 1. The maximum absolute atomic E-state index is 13.4. The number of nitrogens with two attached hydrogens (primary N) is 1. The summed E-state index contributed by atoms with van der Waals surface area (Å²) in [6.45, 7) is 1.02. The maximum atomic E-state index is 13.4. The minimum Gasteiger partial charge on any atom is -0.431 e. The predicted octanol–water partition coefficient (Wildman–Crippen LogP) is 4.43. The molecule has 3 heterocycles. The van der Waals surface area contributed by atoms with E-state index in [2.05, 4.69) is 27.3 Å². The molecule has 3 aromatic rings. The first kappa shape index (κ1) is 20.2. The minimum absolute atomic E-state index is 0.210. The Kier molecular flexibility index (Phi) is 5.50. The average molecular weight is 441 g/mol. The molecule has 2 saturated heterocycles. The zero-order valence-electron chi connectivity index (χ0n) is 17.1. The van der Waals surface area contributed by atoms with Gasteiger partial charge >= 0.3 is 6.03 Å². The number of hydrogen-bond acceptors (Lipinski definition) is 5. The number of nitrogens with zero attached hydrogens (tertiary/aromatic N) is 2. The number of ether oxygens (including phenoxy) is 1. The van der Waals surface area contributed by atoms with Crippen LogP contribution in [0.25, 0.3) is 10.2 Å². The van der Waals surface area contributed by atoms with Crippen molar-refractivity contribution in [2.24, 2.45) is 5.73 Å². The van der Waals surface area contributed by atoms with Crippen LogP contribution in [0, 0.1) is 5.82 Å². The van der Waals surface area contributed by atoms with Crippen molar-refractivity contribution >= 4 is 27.6 Å². The SMILES string of the molecule is NC(=O)NC1CC2CCC(C1)N2CCc1ccc(Oc2nc3ccc(F)cc3s2)cc1. The molecule has 2 amide bonds. The Bertz CT molecular complexity index is 1070. The number of piperidine rings is 1. The number of thiazole rings is 1. The van der Waals surface area contributed by atoms with Gasteiger partial charge in [-0.2, -0.15) is 0 Å². The molecule has 8 heteroatoms. The third-order valence-electron chi connectivity index (χ3n) is 6.35. The Labute approximate surface area is 184 Å². The van der Waals surface area contributed by atoms with Crippen molar-refractivity contribution in [3.8, 4) is 10.9 Å². The number of benzene rings is 2. The van der Waals surface area contributed by atoms with Crippen LogP contribution < -0.4 is 15.8 Å². The van der Waals surface area contributed by atoms with E-state index >= 15 is 0 Å². The number of carbonyl (C=O) groups excluding carboxylic acids is 1. The minimum atomic E-state index is -0.418. The van der Waals surface area contributed by atoms with Gasteiger partial charge in [-0.3, -0.25) is 4.90 Å². The lowest BCUT2D eigenvalue weighted by Crippen LogP contribution is -2.51. The first-order valence-electron chi connectivity index (χ1n) is 10.7. The van der Waals surface area contributed by atoms with Crippen LogP contribution in [0.4, 0.5) is 9.18 Å². The summed E-state index contributed by atoms with van der Waals surface area (Å²) in [5, 5.41) is 3.40. The van der Waals surface area contributed by atoms with Gasteiger partial charge < -0.3 is 15.8 Å². The third-order valence-corrected chi connectivity index (χ3v) is 7.24. The molecule has 5 rings (SSSR count). The highest BCUT2D eigenvalue weighted by atomic mass is 32.1. The van der Waals surface area contributed by atoms with E-state index in [1.165, 1.54) is 41.9 Å². The number of rotatable bonds is 6. The van der Waals surface area contributed by atoms with Crippen LogP contribution in [0.1, 0.15) is 31.2 Å². The van der Waals surface area contributed by atoms with Gasteiger partial charge in [0.1, 0.15) is 11.6 Å². The Morgan fingerprint density at radius 1 is 1.19 bits per heavy atom. The Morgan fingerprint density at radius 2 is 1.94 bits per heavy atom. The van der Waals surface area contributed by atoms with Crippen LogP contribution in [0.5, 0.6) is 10.9 Å². The van der Waals surface area contributed by atoms with Crippen molar-refractivity contribution in [3.63, 3.8) is 0 Å². The highest BCUT2D eigenvalue weighted by molar-refractivity contribution is 7.20. The van der Waals surface area contributed by atoms with E-state index in [-0.39, 0.29) is 11.9 Å². The summed E-state index contributed by atoms with van der Waals surface area (Å²) >= 11 is 1.34. The largest absolute Gasteiger partial charge is 0.431 e. The molecule has 0 aliphatic carbocycles. The topological polar surface area (TPSA) is 80.5 Å². The van der Waals surface area contributed by atoms with Crippen LogP contribution in [0.2, 0.25) is 0 Å². The van der Waals surface area contributed by atoms with Gasteiger partial charge in [-0.05, 0) is 68.0 Å². The molecule has 2 aliphatic heterocycles. The molecule has 2 bridgehead atoms. The monoisotopic (exact) mass is 440 g/mol. The Morgan fingerprint density at radius 3 is 2.65 bits per heavy atom. The van der Waals surface area contributed by atoms with Crippen molar-refractivity contribution in [3.05, 3.63) is 53.8 Å². The van der Waals surface area contributed by atoms with E-state index < -0.39 is 6.03 Å². The second-order valence-electron chi connectivity index (χ2n) is 8.39. The molecular formula is C23H25FN4O2S. The first-order chi connectivity index (χ1) is 15.0. The van der Waals surface area contributed by atoms with Gasteiger partial charge in [-0.1, -0.05) is 23.5 Å². The molecule has 2 aliphatic rings. The van der Waals surface area contributed by atoms with Crippen LogP contribution in [0.3, 0.4) is 0 Å². The number of carbonyl (C=O) groups is 1. The van der Waals surface area contributed by atoms with Crippen LogP contribution >= 0.6 is 11.3 Å². The number of urea groups is 1. The number of halogens is 1. The average Bonchev–Trinajstić information content (AvgIpc) is 3.23. The summed E-state index contributed by atoms with van der Waals surface area (Å²) in [5.41, 5.74) is 7.30. The molecule has 31 heavy (non-hydrogen) atoms. The standard InChI is InChI=1S/C23H25FN4O2S/c24-15-3-8-20-21(11-15)31-23(27-20)30-19-6-1-14(2-7-19)9-10-28-17-4-5-18(28)13-16(12-17)26-22(25)29/h1-3,6-8,11,16-18H,4-5,9-10,12-13H2,(H3,25,26,29). The summed E-state index contributed by atoms with van der Waals surface area (Å²) in [4.78, 5) is 18.2. The van der Waals surface area contributed by atoms with Crippen LogP contribution in [0.15, 0.2) is 42.5 Å². The second-order valence-corrected chi connectivity index (χ2v) is 9.38. The molecule has 2 atom stereocenters. The second kappa shape index (κ2) is 8.43. The third kappa shape index (κ3) is 4.50. The number of fused-ring (bicyclic) bond motifs is 3. The van der Waals surface area contributed by atoms with E-state index in [0.29, 0.717) is 17.3 Å². The fourth-order valence-corrected chi connectivity index (χ4v) is 5.82. The molecule has 3 N–H and O–H groups in total. The molecular weight excluding hydrogens is 415 g/mol. The first-order valence-corrected chi connectivity index (χ1v) is 11.5. The van der Waals surface area contributed by atoms with Crippen molar-refractivity contribution < 1.29 is 13.9 Å². The van der Waals surface area contributed by atoms with Crippen molar-refractivity contribution in [1.82, 2.24) is 15.2 Å². The van der Waals surface area contributed by atoms with E-state index in [4.69, 9.17) is 10.5 Å². The molecule has 2 unspecified atom stereocenters. The zero-order valence-corrected chi connectivity index (χ0v) is 17.9. The van der Waals surface area contributed by atoms with Gasteiger partial charge in [0.2, 0.25) is 0 Å². The Balaban J connectivity index is 1.17. The fraction of sp³-hybridized carbons (Fsp3) is 0.391. The molecule has 2 fully saturated rings. The summed E-state index contributed by atoms with van der Waals surface area (Å²) in [6, 6.07) is 13.5.